The van der Waals surface area contributed by atoms with Crippen LogP contribution in [0.4, 0.5) is 5.82 Å². The molecular weight excluding hydrogens is 495 g/mol. The predicted molar refractivity (Wildman–Crippen MR) is 132 cm³/mol. The van der Waals surface area contributed by atoms with Crippen LogP contribution in [0.1, 0.15) is 12.0 Å². The number of piperazine rings is 1. The summed E-state index contributed by atoms with van der Waals surface area (Å²) in [4.78, 5) is 16.1. The molecule has 8 nitrogen and oxygen atoms in total. The molecule has 0 aromatic carbocycles. The molecule has 0 spiro atoms. The molecule has 2 fully saturated rings. The molecule has 3 rings (SSSR count). The number of aromatic nitrogens is 1. The Labute approximate surface area is 198 Å². The monoisotopic (exact) mass is 532 g/mol. The van der Waals surface area contributed by atoms with E-state index in [0.717, 1.165) is 70.6 Å². The van der Waals surface area contributed by atoms with Crippen molar-refractivity contribution in [3.05, 3.63) is 23.9 Å². The molecular formula is C21H37IN6O2. The van der Waals surface area contributed by atoms with Crippen molar-refractivity contribution in [2.24, 2.45) is 10.9 Å². The third kappa shape index (κ3) is 7.51. The van der Waals surface area contributed by atoms with E-state index in [9.17, 15) is 0 Å². The van der Waals surface area contributed by atoms with Crippen LogP contribution < -0.4 is 10.2 Å². The van der Waals surface area contributed by atoms with Crippen LogP contribution in [0.3, 0.4) is 0 Å². The van der Waals surface area contributed by atoms with Crippen molar-refractivity contribution in [3.63, 3.8) is 0 Å². The van der Waals surface area contributed by atoms with Crippen molar-refractivity contribution in [2.75, 3.05) is 85.2 Å². The van der Waals surface area contributed by atoms with Gasteiger partial charge in [-0.05, 0) is 31.2 Å². The van der Waals surface area contributed by atoms with E-state index in [1.54, 1.807) is 7.11 Å². The van der Waals surface area contributed by atoms with Crippen LogP contribution in [0.2, 0.25) is 0 Å². The molecule has 2 aliphatic rings. The van der Waals surface area contributed by atoms with Gasteiger partial charge in [0.1, 0.15) is 5.82 Å². The minimum atomic E-state index is 0. The molecule has 170 valence electrons. The molecule has 0 aliphatic carbocycles. The fraction of sp³-hybridized carbons (Fsp3) is 0.714. The zero-order valence-electron chi connectivity index (χ0n) is 18.5. The fourth-order valence-corrected chi connectivity index (χ4v) is 3.85. The summed E-state index contributed by atoms with van der Waals surface area (Å²) >= 11 is 0. The molecule has 0 amide bonds. The maximum absolute atomic E-state index is 5.70. The van der Waals surface area contributed by atoms with Crippen molar-refractivity contribution in [3.8, 4) is 0 Å². The van der Waals surface area contributed by atoms with Gasteiger partial charge in [0.15, 0.2) is 5.96 Å². The molecule has 0 radical (unpaired) electrons. The highest BCUT2D eigenvalue weighted by Crippen LogP contribution is 2.18. The largest absolute Gasteiger partial charge is 0.382 e. The minimum Gasteiger partial charge on any atom is -0.382 e. The molecule has 1 aromatic heterocycles. The van der Waals surface area contributed by atoms with E-state index in [1.807, 2.05) is 13.2 Å². The lowest BCUT2D eigenvalue weighted by atomic mass is 10.1. The summed E-state index contributed by atoms with van der Waals surface area (Å²) in [5.41, 5.74) is 1.23. The van der Waals surface area contributed by atoms with Gasteiger partial charge >= 0.3 is 0 Å². The van der Waals surface area contributed by atoms with Gasteiger partial charge in [-0.3, -0.25) is 4.99 Å². The van der Waals surface area contributed by atoms with Crippen molar-refractivity contribution in [1.82, 2.24) is 20.1 Å². The molecule has 1 aromatic rings. The number of methoxy groups -OCH3 is 1. The van der Waals surface area contributed by atoms with Gasteiger partial charge < -0.3 is 29.5 Å². The van der Waals surface area contributed by atoms with E-state index in [4.69, 9.17) is 9.47 Å². The van der Waals surface area contributed by atoms with E-state index in [-0.39, 0.29) is 24.0 Å². The van der Waals surface area contributed by atoms with Crippen LogP contribution in [0, 0.1) is 5.92 Å². The lowest BCUT2D eigenvalue weighted by molar-refractivity contribution is 0.0536. The summed E-state index contributed by atoms with van der Waals surface area (Å²) in [5, 5.41) is 3.52. The number of anilines is 1. The second-order valence-corrected chi connectivity index (χ2v) is 7.88. The number of rotatable bonds is 8. The van der Waals surface area contributed by atoms with E-state index in [1.165, 1.54) is 5.56 Å². The topological polar surface area (TPSA) is 65.5 Å². The Bertz CT molecular complexity index is 654. The SMILES string of the molecule is CN=C(NCc1ccnc(N2CCN(C)CC2)c1)N1CCC(COCCOC)C1.I. The van der Waals surface area contributed by atoms with Crippen molar-refractivity contribution in [2.45, 2.75) is 13.0 Å². The molecule has 2 saturated heterocycles. The Morgan fingerprint density at radius 1 is 1.23 bits per heavy atom. The lowest BCUT2D eigenvalue weighted by Gasteiger charge is -2.33. The first-order valence-corrected chi connectivity index (χ1v) is 10.6. The number of hydrogen-bond acceptors (Lipinski definition) is 6. The molecule has 9 heteroatoms. The number of likely N-dealkylation sites (N-methyl/N-ethyl adjacent to an activating group) is 1. The standard InChI is InChI=1S/C21H36N6O2.HI/c1-22-21(27-7-5-19(16-27)17-29-13-12-28-3)24-15-18-4-6-23-20(14-18)26-10-8-25(2)9-11-26;/h4,6,14,19H,5,7-13,15-17H2,1-3H3,(H,22,24);1H. The molecule has 2 aliphatic heterocycles. The van der Waals surface area contributed by atoms with Gasteiger partial charge in [-0.15, -0.1) is 24.0 Å². The first kappa shape index (κ1) is 25.1. The number of ether oxygens (including phenoxy) is 2. The maximum atomic E-state index is 5.70. The molecule has 1 unspecified atom stereocenters. The van der Waals surface area contributed by atoms with E-state index in [0.29, 0.717) is 19.1 Å². The van der Waals surface area contributed by atoms with E-state index >= 15 is 0 Å². The van der Waals surface area contributed by atoms with Crippen LogP contribution in [0.15, 0.2) is 23.3 Å². The average Bonchev–Trinajstić information content (AvgIpc) is 3.21. The predicted octanol–water partition coefficient (Wildman–Crippen LogP) is 1.51. The first-order chi connectivity index (χ1) is 14.2. The highest BCUT2D eigenvalue weighted by molar-refractivity contribution is 14.0. The Kier molecular flexibility index (Phi) is 11.1. The van der Waals surface area contributed by atoms with Gasteiger partial charge in [0, 0.05) is 72.1 Å². The van der Waals surface area contributed by atoms with Crippen LogP contribution in [-0.2, 0) is 16.0 Å². The van der Waals surface area contributed by atoms with Gasteiger partial charge in [0.05, 0.1) is 19.8 Å². The zero-order chi connectivity index (χ0) is 20.5. The normalized spacial score (nSPS) is 20.4. The summed E-state index contributed by atoms with van der Waals surface area (Å²) in [6, 6.07) is 4.28. The number of nitrogens with one attached hydrogen (secondary N) is 1. The maximum Gasteiger partial charge on any atom is 0.193 e. The second-order valence-electron chi connectivity index (χ2n) is 7.88. The highest BCUT2D eigenvalue weighted by Gasteiger charge is 2.25. The minimum absolute atomic E-state index is 0. The molecule has 1 N–H and O–H groups in total. The van der Waals surface area contributed by atoms with Gasteiger partial charge in [0.25, 0.3) is 0 Å². The first-order valence-electron chi connectivity index (χ1n) is 10.6. The van der Waals surface area contributed by atoms with E-state index in [2.05, 4.69) is 49.2 Å². The van der Waals surface area contributed by atoms with Gasteiger partial charge in [-0.25, -0.2) is 4.98 Å². The average molecular weight is 532 g/mol. The zero-order valence-corrected chi connectivity index (χ0v) is 20.9. The van der Waals surface area contributed by atoms with E-state index < -0.39 is 0 Å². The van der Waals surface area contributed by atoms with Crippen LogP contribution in [-0.4, -0.2) is 101 Å². The summed E-state index contributed by atoms with van der Waals surface area (Å²) in [5.74, 6) is 2.58. The fourth-order valence-electron chi connectivity index (χ4n) is 3.85. The quantitative estimate of drug-likeness (QED) is 0.236. The molecule has 0 saturated carbocycles. The Hall–Kier alpha value is -1.17. The van der Waals surface area contributed by atoms with Crippen LogP contribution in [0.5, 0.6) is 0 Å². The molecule has 30 heavy (non-hydrogen) atoms. The van der Waals surface area contributed by atoms with Gasteiger partial charge in [-0.2, -0.15) is 0 Å². The Morgan fingerprint density at radius 2 is 2.03 bits per heavy atom. The Morgan fingerprint density at radius 3 is 2.77 bits per heavy atom. The van der Waals surface area contributed by atoms with Crippen molar-refractivity contribution in [1.29, 1.82) is 0 Å². The third-order valence-electron chi connectivity index (χ3n) is 5.67. The smallest absolute Gasteiger partial charge is 0.193 e. The number of guanidine groups is 1. The lowest BCUT2D eigenvalue weighted by Crippen LogP contribution is -2.44. The summed E-state index contributed by atoms with van der Waals surface area (Å²) in [6.07, 6.45) is 3.05. The number of pyridine rings is 1. The van der Waals surface area contributed by atoms with Gasteiger partial charge in [0.2, 0.25) is 0 Å². The molecule has 1 atom stereocenters. The van der Waals surface area contributed by atoms with Crippen LogP contribution >= 0.6 is 24.0 Å². The number of nitrogens with zero attached hydrogens (tertiary/aromatic N) is 5. The second kappa shape index (κ2) is 13.3. The molecule has 3 heterocycles. The number of hydrogen-bond donors (Lipinski definition) is 1. The summed E-state index contributed by atoms with van der Waals surface area (Å²) < 4.78 is 10.7. The number of halogens is 1. The van der Waals surface area contributed by atoms with Gasteiger partial charge in [-0.1, -0.05) is 0 Å². The Balaban J connectivity index is 0.00000320. The number of aliphatic imine (C=N–C) groups is 1. The van der Waals surface area contributed by atoms with Crippen molar-refractivity contribution >= 4 is 35.8 Å². The summed E-state index contributed by atoms with van der Waals surface area (Å²) in [7, 11) is 5.73. The summed E-state index contributed by atoms with van der Waals surface area (Å²) in [6.45, 7) is 9.09. The third-order valence-corrected chi connectivity index (χ3v) is 5.67. The number of likely N-dealkylation sites (tertiary alicyclic amines) is 1. The molecule has 0 bridgehead atoms. The van der Waals surface area contributed by atoms with Crippen LogP contribution in [0.25, 0.3) is 0 Å². The highest BCUT2D eigenvalue weighted by atomic mass is 127. The van der Waals surface area contributed by atoms with Crippen molar-refractivity contribution < 1.29 is 9.47 Å².